The lowest BCUT2D eigenvalue weighted by molar-refractivity contribution is -0.0299. The number of hydrogen-bond acceptors (Lipinski definition) is 5. The highest BCUT2D eigenvalue weighted by Crippen LogP contribution is 2.41. The maximum absolute atomic E-state index is 13.1. The van der Waals surface area contributed by atoms with Gasteiger partial charge in [-0.25, -0.2) is 13.7 Å². The van der Waals surface area contributed by atoms with Gasteiger partial charge in [0.05, 0.1) is 21.8 Å². The van der Waals surface area contributed by atoms with Gasteiger partial charge < -0.3 is 9.16 Å². The SMILES string of the molecule is Cc1cn([C@H]2C[C@H](O[Si](c3ccccc3)(c3ccccc3)C(C)(C)C)[C@@H]([C@@H](C)NS(=O)C(C)(C)C)O2)c(=O)[nH]c1=O. The summed E-state index contributed by atoms with van der Waals surface area (Å²) < 4.78 is 31.4. The second-order valence-corrected chi connectivity index (χ2v) is 19.1. The maximum Gasteiger partial charge on any atom is 0.330 e. The first kappa shape index (κ1) is 31.3. The highest BCUT2D eigenvalue weighted by molar-refractivity contribution is 7.84. The number of benzene rings is 2. The molecule has 0 spiro atoms. The van der Waals surface area contributed by atoms with Gasteiger partial charge in [-0.3, -0.25) is 14.3 Å². The molecule has 2 N–H and O–H groups in total. The van der Waals surface area contributed by atoms with E-state index in [0.717, 1.165) is 10.4 Å². The molecule has 1 aromatic heterocycles. The molecule has 3 aromatic rings. The third kappa shape index (κ3) is 6.41. The van der Waals surface area contributed by atoms with E-state index >= 15 is 0 Å². The average Bonchev–Trinajstić information content (AvgIpc) is 3.32. The molecule has 2 aromatic carbocycles. The van der Waals surface area contributed by atoms with Gasteiger partial charge >= 0.3 is 5.69 Å². The number of aromatic nitrogens is 2. The zero-order valence-electron chi connectivity index (χ0n) is 25.3. The predicted molar refractivity (Wildman–Crippen MR) is 168 cm³/mol. The third-order valence-electron chi connectivity index (χ3n) is 7.66. The van der Waals surface area contributed by atoms with Crippen LogP contribution in [0.4, 0.5) is 0 Å². The Balaban J connectivity index is 1.84. The van der Waals surface area contributed by atoms with Gasteiger partial charge in [-0.15, -0.1) is 0 Å². The summed E-state index contributed by atoms with van der Waals surface area (Å²) in [7, 11) is -4.32. The molecule has 2 heterocycles. The van der Waals surface area contributed by atoms with Crippen LogP contribution in [0.5, 0.6) is 0 Å². The van der Waals surface area contributed by atoms with Crippen molar-refractivity contribution in [3.63, 3.8) is 0 Å². The Hall–Kier alpha value is -2.63. The summed E-state index contributed by atoms with van der Waals surface area (Å²) in [6.45, 7) is 16.0. The van der Waals surface area contributed by atoms with Crippen molar-refractivity contribution in [2.45, 2.75) is 96.1 Å². The second kappa shape index (κ2) is 11.9. The lowest BCUT2D eigenvalue weighted by Crippen LogP contribution is -2.68. The summed E-state index contributed by atoms with van der Waals surface area (Å²) in [6, 6.07) is 20.4. The minimum absolute atomic E-state index is 0.269. The van der Waals surface area contributed by atoms with Crippen molar-refractivity contribution in [2.24, 2.45) is 0 Å². The molecule has 1 aliphatic heterocycles. The fraction of sp³-hybridized carbons (Fsp3) is 0.484. The number of nitrogens with zero attached hydrogens (tertiary/aromatic N) is 1. The van der Waals surface area contributed by atoms with Crippen LogP contribution in [0.1, 0.15) is 66.7 Å². The molecule has 0 radical (unpaired) electrons. The molecule has 0 amide bonds. The van der Waals surface area contributed by atoms with Gasteiger partial charge in [-0.05, 0) is 50.0 Å². The Morgan fingerprint density at radius 1 is 1.00 bits per heavy atom. The van der Waals surface area contributed by atoms with Crippen LogP contribution in [-0.4, -0.2) is 45.1 Å². The lowest BCUT2D eigenvalue weighted by Gasteiger charge is -2.45. The Bertz CT molecular complexity index is 1440. The molecule has 41 heavy (non-hydrogen) atoms. The van der Waals surface area contributed by atoms with Crippen molar-refractivity contribution in [1.29, 1.82) is 0 Å². The normalized spacial score (nSPS) is 21.5. The number of nitrogens with one attached hydrogen (secondary N) is 2. The van der Waals surface area contributed by atoms with Crippen LogP contribution in [0.3, 0.4) is 0 Å². The first-order valence-electron chi connectivity index (χ1n) is 14.1. The first-order valence-corrected chi connectivity index (χ1v) is 17.2. The number of rotatable bonds is 8. The summed E-state index contributed by atoms with van der Waals surface area (Å²) in [5, 5.41) is 2.00. The smallest absolute Gasteiger partial charge is 0.330 e. The van der Waals surface area contributed by atoms with Crippen LogP contribution < -0.4 is 26.3 Å². The molecule has 222 valence electrons. The topological polar surface area (TPSA) is 102 Å². The standard InChI is InChI=1S/C31H43N3O5SSi/c1-21-20-34(29(36)32-28(21)35)26-19-25(27(38-26)22(2)33-40(37)30(3,4)5)39-41(31(6,7)8,23-15-11-9-12-16-23)24-17-13-10-14-18-24/h9-18,20,22,25-27,33H,19H2,1-8H3,(H,32,35,36)/t22-,25+,26-,27-,40?/m1/s1. The zero-order valence-corrected chi connectivity index (χ0v) is 27.1. The number of hydrogen-bond donors (Lipinski definition) is 2. The highest BCUT2D eigenvalue weighted by Gasteiger charge is 2.54. The predicted octanol–water partition coefficient (Wildman–Crippen LogP) is 3.52. The highest BCUT2D eigenvalue weighted by atomic mass is 32.2. The number of ether oxygens (including phenoxy) is 1. The molecule has 5 atom stereocenters. The van der Waals surface area contributed by atoms with Gasteiger partial charge in [0.2, 0.25) is 0 Å². The molecule has 0 bridgehead atoms. The van der Waals surface area contributed by atoms with Crippen LogP contribution in [0.15, 0.2) is 76.4 Å². The summed E-state index contributed by atoms with van der Waals surface area (Å²) in [6.07, 6.45) is 0.296. The lowest BCUT2D eigenvalue weighted by atomic mass is 10.1. The number of aryl methyl sites for hydroxylation is 1. The van der Waals surface area contributed by atoms with E-state index in [1.807, 2.05) is 64.1 Å². The third-order valence-corrected chi connectivity index (χ3v) is 14.4. The fourth-order valence-corrected chi connectivity index (χ4v) is 11.0. The molecule has 1 aliphatic rings. The van der Waals surface area contributed by atoms with Crippen LogP contribution >= 0.6 is 0 Å². The summed E-state index contributed by atoms with van der Waals surface area (Å²) in [5.74, 6) is 0. The van der Waals surface area contributed by atoms with Crippen molar-refractivity contribution >= 4 is 29.7 Å². The van der Waals surface area contributed by atoms with Crippen molar-refractivity contribution in [1.82, 2.24) is 14.3 Å². The summed E-state index contributed by atoms with van der Waals surface area (Å²) in [4.78, 5) is 27.4. The van der Waals surface area contributed by atoms with Crippen molar-refractivity contribution in [3.8, 4) is 0 Å². The van der Waals surface area contributed by atoms with Gasteiger partial charge in [0.1, 0.15) is 12.3 Å². The van der Waals surface area contributed by atoms with Crippen LogP contribution in [0.2, 0.25) is 5.04 Å². The van der Waals surface area contributed by atoms with Crippen molar-refractivity contribution < 1.29 is 13.4 Å². The fourth-order valence-electron chi connectivity index (χ4n) is 5.52. The molecule has 0 aliphatic carbocycles. The second-order valence-electron chi connectivity index (χ2n) is 12.9. The molecule has 1 saturated heterocycles. The molecular weight excluding hydrogens is 555 g/mol. The Kier molecular flexibility index (Phi) is 9.11. The van der Waals surface area contributed by atoms with Crippen molar-refractivity contribution in [2.75, 3.05) is 0 Å². The van der Waals surface area contributed by atoms with E-state index in [2.05, 4.69) is 54.7 Å². The molecule has 1 fully saturated rings. The molecule has 8 nitrogen and oxygen atoms in total. The van der Waals surface area contributed by atoms with Gasteiger partial charge in [0.15, 0.2) is 0 Å². The minimum atomic E-state index is -2.97. The van der Waals surface area contributed by atoms with Gasteiger partial charge in [-0.2, -0.15) is 0 Å². The van der Waals surface area contributed by atoms with Gasteiger partial charge in [-0.1, -0.05) is 81.4 Å². The molecule has 10 heteroatoms. The minimum Gasteiger partial charge on any atom is -0.402 e. The van der Waals surface area contributed by atoms with E-state index in [-0.39, 0.29) is 11.1 Å². The number of aromatic amines is 1. The average molecular weight is 598 g/mol. The van der Waals surface area contributed by atoms with Crippen LogP contribution in [0, 0.1) is 6.92 Å². The Morgan fingerprint density at radius 3 is 2.02 bits per heavy atom. The quantitative estimate of drug-likeness (QED) is 0.387. The summed E-state index contributed by atoms with van der Waals surface area (Å²) >= 11 is 0. The van der Waals surface area contributed by atoms with Gasteiger partial charge in [0, 0.05) is 24.2 Å². The largest absolute Gasteiger partial charge is 0.402 e. The van der Waals surface area contributed by atoms with Crippen molar-refractivity contribution in [3.05, 3.63) is 93.3 Å². The van der Waals surface area contributed by atoms with Crippen LogP contribution in [0.25, 0.3) is 0 Å². The molecule has 0 saturated carbocycles. The van der Waals surface area contributed by atoms with E-state index in [9.17, 15) is 13.8 Å². The van der Waals surface area contributed by atoms with E-state index < -0.39 is 53.7 Å². The molecule has 4 rings (SSSR count). The number of H-pyrrole nitrogens is 1. The van der Waals surface area contributed by atoms with E-state index in [1.54, 1.807) is 13.1 Å². The zero-order chi connectivity index (χ0) is 30.2. The van der Waals surface area contributed by atoms with E-state index in [4.69, 9.17) is 9.16 Å². The Morgan fingerprint density at radius 2 is 1.54 bits per heavy atom. The van der Waals surface area contributed by atoms with Crippen LogP contribution in [-0.2, 0) is 20.1 Å². The Labute approximate surface area is 246 Å². The molecular formula is C31H43N3O5SSi. The summed E-state index contributed by atoms with van der Waals surface area (Å²) in [5.41, 5.74) is -0.535. The first-order chi connectivity index (χ1) is 19.1. The molecule has 1 unspecified atom stereocenters. The van der Waals surface area contributed by atoms with E-state index in [0.29, 0.717) is 12.0 Å². The maximum atomic E-state index is 13.1. The monoisotopic (exact) mass is 597 g/mol. The van der Waals surface area contributed by atoms with Gasteiger partial charge in [0.25, 0.3) is 13.9 Å². The van der Waals surface area contributed by atoms with E-state index in [1.165, 1.54) is 4.57 Å².